The third-order valence-corrected chi connectivity index (χ3v) is 3.48. The lowest BCUT2D eigenvalue weighted by Crippen LogP contribution is -2.33. The van der Waals surface area contributed by atoms with Crippen LogP contribution in [0.3, 0.4) is 0 Å². The Labute approximate surface area is 85.5 Å². The van der Waals surface area contributed by atoms with Crippen molar-refractivity contribution in [2.24, 2.45) is 11.7 Å². The maximum absolute atomic E-state index is 6.42. The Kier molecular flexibility index (Phi) is 2.55. The molecule has 1 heterocycles. The summed E-state index contributed by atoms with van der Waals surface area (Å²) in [6, 6.07) is 4.11. The molecule has 0 radical (unpaired) electrons. The first-order chi connectivity index (χ1) is 6.74. The fourth-order valence-corrected chi connectivity index (χ4v) is 2.48. The number of pyridine rings is 1. The van der Waals surface area contributed by atoms with E-state index in [4.69, 9.17) is 5.73 Å². The van der Waals surface area contributed by atoms with Crippen LogP contribution in [-0.4, -0.2) is 4.98 Å². The number of hydrogen-bond donors (Lipinski definition) is 1. The Morgan fingerprint density at radius 1 is 1.50 bits per heavy atom. The highest BCUT2D eigenvalue weighted by atomic mass is 14.8. The predicted octanol–water partition coefficient (Wildman–Crippen LogP) is 2.45. The third-order valence-electron chi connectivity index (χ3n) is 3.48. The molecule has 2 atom stereocenters. The molecule has 0 amide bonds. The summed E-state index contributed by atoms with van der Waals surface area (Å²) in [6.07, 6.45) is 8.45. The van der Waals surface area contributed by atoms with Crippen LogP contribution < -0.4 is 5.73 Å². The van der Waals surface area contributed by atoms with Crippen molar-refractivity contribution in [2.45, 2.75) is 38.1 Å². The van der Waals surface area contributed by atoms with Crippen LogP contribution in [-0.2, 0) is 5.54 Å². The van der Waals surface area contributed by atoms with Gasteiger partial charge in [0.25, 0.3) is 0 Å². The van der Waals surface area contributed by atoms with Crippen molar-refractivity contribution in [3.05, 3.63) is 30.1 Å². The van der Waals surface area contributed by atoms with Gasteiger partial charge in [0.15, 0.2) is 0 Å². The molecule has 1 fully saturated rings. The van der Waals surface area contributed by atoms with Crippen LogP contribution in [0.1, 0.15) is 38.2 Å². The average Bonchev–Trinajstić information content (AvgIpc) is 2.63. The molecular weight excluding hydrogens is 172 g/mol. The summed E-state index contributed by atoms with van der Waals surface area (Å²) >= 11 is 0. The first-order valence-electron chi connectivity index (χ1n) is 5.44. The van der Waals surface area contributed by atoms with Crippen molar-refractivity contribution in [1.82, 2.24) is 4.98 Å². The minimum Gasteiger partial charge on any atom is -0.321 e. The molecule has 0 aliphatic heterocycles. The zero-order valence-electron chi connectivity index (χ0n) is 8.74. The summed E-state index contributed by atoms with van der Waals surface area (Å²) in [4.78, 5) is 4.03. The zero-order chi connectivity index (χ0) is 10.0. The van der Waals surface area contributed by atoms with E-state index in [1.165, 1.54) is 18.4 Å². The largest absolute Gasteiger partial charge is 0.321 e. The number of hydrogen-bond acceptors (Lipinski definition) is 2. The van der Waals surface area contributed by atoms with Crippen molar-refractivity contribution >= 4 is 0 Å². The average molecular weight is 190 g/mol. The maximum atomic E-state index is 6.42. The van der Waals surface area contributed by atoms with E-state index in [1.807, 2.05) is 12.4 Å². The molecule has 2 heteroatoms. The molecule has 76 valence electrons. The molecule has 14 heavy (non-hydrogen) atoms. The van der Waals surface area contributed by atoms with Gasteiger partial charge < -0.3 is 5.73 Å². The molecular formula is C12H18N2. The Bertz CT molecular complexity index is 296. The van der Waals surface area contributed by atoms with E-state index in [-0.39, 0.29) is 5.54 Å². The molecule has 1 aromatic rings. The van der Waals surface area contributed by atoms with Gasteiger partial charge in [-0.2, -0.15) is 0 Å². The van der Waals surface area contributed by atoms with Crippen LogP contribution >= 0.6 is 0 Å². The van der Waals surface area contributed by atoms with E-state index in [9.17, 15) is 0 Å². The zero-order valence-corrected chi connectivity index (χ0v) is 8.74. The van der Waals surface area contributed by atoms with Gasteiger partial charge in [-0.05, 0) is 42.9 Å². The quantitative estimate of drug-likeness (QED) is 0.778. The summed E-state index contributed by atoms with van der Waals surface area (Å²) < 4.78 is 0. The van der Waals surface area contributed by atoms with E-state index in [2.05, 4.69) is 24.0 Å². The first-order valence-corrected chi connectivity index (χ1v) is 5.44. The Hall–Kier alpha value is -0.890. The van der Waals surface area contributed by atoms with Gasteiger partial charge in [-0.1, -0.05) is 13.3 Å². The van der Waals surface area contributed by atoms with Gasteiger partial charge in [-0.3, -0.25) is 4.98 Å². The highest BCUT2D eigenvalue weighted by Gasteiger charge is 2.35. The molecule has 2 nitrogen and oxygen atoms in total. The highest BCUT2D eigenvalue weighted by molar-refractivity contribution is 5.22. The molecule has 0 spiro atoms. The molecule has 1 aliphatic carbocycles. The van der Waals surface area contributed by atoms with E-state index >= 15 is 0 Å². The second-order valence-corrected chi connectivity index (χ2v) is 4.41. The molecule has 2 N–H and O–H groups in total. The molecule has 1 saturated carbocycles. The monoisotopic (exact) mass is 190 g/mol. The van der Waals surface area contributed by atoms with Crippen LogP contribution in [0, 0.1) is 5.92 Å². The second-order valence-electron chi connectivity index (χ2n) is 4.41. The minimum absolute atomic E-state index is 0.0797. The topological polar surface area (TPSA) is 38.9 Å². The van der Waals surface area contributed by atoms with Gasteiger partial charge in [0, 0.05) is 17.9 Å². The molecule has 2 rings (SSSR count). The van der Waals surface area contributed by atoms with Crippen molar-refractivity contribution in [2.75, 3.05) is 0 Å². The van der Waals surface area contributed by atoms with Gasteiger partial charge in [0.2, 0.25) is 0 Å². The van der Waals surface area contributed by atoms with Crippen molar-refractivity contribution < 1.29 is 0 Å². The van der Waals surface area contributed by atoms with E-state index in [0.29, 0.717) is 0 Å². The summed E-state index contributed by atoms with van der Waals surface area (Å²) in [7, 11) is 0. The normalized spacial score (nSPS) is 32.0. The number of rotatable bonds is 2. The van der Waals surface area contributed by atoms with Crippen LogP contribution in [0.2, 0.25) is 0 Å². The predicted molar refractivity (Wildman–Crippen MR) is 57.7 cm³/mol. The van der Waals surface area contributed by atoms with Crippen molar-refractivity contribution in [3.63, 3.8) is 0 Å². The standard InChI is InChI=1S/C12H18N2/c1-2-10-3-6-12(13,9-10)11-4-7-14-8-5-11/h4-5,7-8,10H,2-3,6,9,13H2,1H3. The van der Waals surface area contributed by atoms with Crippen LogP contribution in [0.5, 0.6) is 0 Å². The van der Waals surface area contributed by atoms with E-state index in [1.54, 1.807) is 0 Å². The van der Waals surface area contributed by atoms with E-state index in [0.717, 1.165) is 18.8 Å². The summed E-state index contributed by atoms with van der Waals surface area (Å²) in [5.41, 5.74) is 7.59. The number of nitrogens with two attached hydrogens (primary N) is 1. The van der Waals surface area contributed by atoms with Crippen molar-refractivity contribution in [1.29, 1.82) is 0 Å². The van der Waals surface area contributed by atoms with Gasteiger partial charge in [0.1, 0.15) is 0 Å². The lowest BCUT2D eigenvalue weighted by Gasteiger charge is -2.24. The van der Waals surface area contributed by atoms with Crippen molar-refractivity contribution in [3.8, 4) is 0 Å². The Morgan fingerprint density at radius 3 is 2.79 bits per heavy atom. The Morgan fingerprint density at radius 2 is 2.21 bits per heavy atom. The third kappa shape index (κ3) is 1.67. The highest BCUT2D eigenvalue weighted by Crippen LogP contribution is 2.40. The second kappa shape index (κ2) is 3.70. The van der Waals surface area contributed by atoms with Crippen LogP contribution in [0.15, 0.2) is 24.5 Å². The van der Waals surface area contributed by atoms with Gasteiger partial charge >= 0.3 is 0 Å². The van der Waals surface area contributed by atoms with Gasteiger partial charge in [-0.15, -0.1) is 0 Å². The van der Waals surface area contributed by atoms with Crippen LogP contribution in [0.4, 0.5) is 0 Å². The van der Waals surface area contributed by atoms with Crippen LogP contribution in [0.25, 0.3) is 0 Å². The fraction of sp³-hybridized carbons (Fsp3) is 0.583. The molecule has 0 aromatic carbocycles. The molecule has 1 aliphatic rings. The van der Waals surface area contributed by atoms with E-state index < -0.39 is 0 Å². The summed E-state index contributed by atoms with van der Waals surface area (Å²) in [5.74, 6) is 0.813. The lowest BCUT2D eigenvalue weighted by atomic mass is 9.89. The lowest BCUT2D eigenvalue weighted by molar-refractivity contribution is 0.424. The number of aromatic nitrogens is 1. The molecule has 2 unspecified atom stereocenters. The molecule has 0 bridgehead atoms. The summed E-state index contributed by atoms with van der Waals surface area (Å²) in [6.45, 7) is 2.25. The molecule has 1 aromatic heterocycles. The number of nitrogens with zero attached hydrogens (tertiary/aromatic N) is 1. The van der Waals surface area contributed by atoms with Gasteiger partial charge in [-0.25, -0.2) is 0 Å². The minimum atomic E-state index is -0.0797. The maximum Gasteiger partial charge on any atom is 0.0413 e. The molecule has 0 saturated heterocycles. The SMILES string of the molecule is CCC1CCC(N)(c2ccncc2)C1. The fourth-order valence-electron chi connectivity index (χ4n) is 2.48. The first kappa shape index (κ1) is 9.66. The smallest absolute Gasteiger partial charge is 0.0413 e. The summed E-state index contributed by atoms with van der Waals surface area (Å²) in [5, 5.41) is 0. The van der Waals surface area contributed by atoms with Gasteiger partial charge in [0.05, 0.1) is 0 Å². The Balaban J connectivity index is 2.19.